The first kappa shape index (κ1) is 23.0. The minimum absolute atomic E-state index is 0.0388. The molecule has 0 spiro atoms. The number of amides is 1. The van der Waals surface area contributed by atoms with Crippen molar-refractivity contribution in [3.8, 4) is 0 Å². The Hall–Kier alpha value is -2.15. The number of piperidine rings is 2. The Morgan fingerprint density at radius 2 is 1.75 bits per heavy atom. The normalized spacial score (nSPS) is 26.2. The van der Waals surface area contributed by atoms with Crippen molar-refractivity contribution in [3.05, 3.63) is 23.9 Å². The van der Waals surface area contributed by atoms with Crippen LogP contribution in [0.3, 0.4) is 0 Å². The Balaban J connectivity index is 1.38. The van der Waals surface area contributed by atoms with Gasteiger partial charge < -0.3 is 19.8 Å². The van der Waals surface area contributed by atoms with Gasteiger partial charge in [0, 0.05) is 48.4 Å². The van der Waals surface area contributed by atoms with Crippen LogP contribution >= 0.6 is 0 Å². The zero-order chi connectivity index (χ0) is 22.9. The van der Waals surface area contributed by atoms with Crippen LogP contribution in [0.25, 0.3) is 0 Å². The number of carbonyl (C=O) groups excluding carboxylic acids is 1. The molecule has 0 aromatic carbocycles. The number of carbonyl (C=O) groups is 2. The summed E-state index contributed by atoms with van der Waals surface area (Å²) in [5.74, 6) is 1.08. The molecule has 2 bridgehead atoms. The highest BCUT2D eigenvalue weighted by atomic mass is 16.4. The van der Waals surface area contributed by atoms with Gasteiger partial charge in [-0.15, -0.1) is 0 Å². The van der Waals surface area contributed by atoms with E-state index in [2.05, 4.69) is 14.8 Å². The van der Waals surface area contributed by atoms with Gasteiger partial charge in [0.05, 0.1) is 0 Å². The number of likely N-dealkylation sites (tertiary alicyclic amines) is 1. The lowest BCUT2D eigenvalue weighted by molar-refractivity contribution is 0.0558. The van der Waals surface area contributed by atoms with Gasteiger partial charge in [-0.2, -0.15) is 0 Å². The van der Waals surface area contributed by atoms with E-state index in [9.17, 15) is 14.7 Å². The van der Waals surface area contributed by atoms with Gasteiger partial charge in [-0.3, -0.25) is 4.79 Å². The van der Waals surface area contributed by atoms with E-state index in [0.29, 0.717) is 24.1 Å². The van der Waals surface area contributed by atoms with E-state index in [1.54, 1.807) is 11.1 Å². The summed E-state index contributed by atoms with van der Waals surface area (Å²) in [4.78, 5) is 35.7. The van der Waals surface area contributed by atoms with E-state index in [-0.39, 0.29) is 11.8 Å². The lowest BCUT2D eigenvalue weighted by Gasteiger charge is -2.47. The summed E-state index contributed by atoms with van der Waals surface area (Å²) in [5, 5.41) is 9.81. The average molecular weight is 443 g/mol. The quantitative estimate of drug-likeness (QED) is 0.657. The third-order valence-electron chi connectivity index (χ3n) is 7.44. The van der Waals surface area contributed by atoms with Gasteiger partial charge in [0.2, 0.25) is 0 Å². The molecule has 3 aliphatic heterocycles. The predicted octanol–water partition coefficient (Wildman–Crippen LogP) is 4.42. The smallest absolute Gasteiger partial charge is 0.407 e. The number of carboxylic acid groups (broad SMARTS) is 1. The number of rotatable bonds is 6. The molecule has 176 valence electrons. The molecule has 3 fully saturated rings. The monoisotopic (exact) mass is 442 g/mol. The number of aromatic nitrogens is 1. The van der Waals surface area contributed by atoms with E-state index < -0.39 is 11.6 Å². The molecule has 0 aliphatic carbocycles. The molecule has 1 aromatic rings. The third-order valence-corrected chi connectivity index (χ3v) is 7.44. The van der Waals surface area contributed by atoms with Gasteiger partial charge in [0.15, 0.2) is 5.78 Å². The molecule has 1 N–H and O–H groups in total. The lowest BCUT2D eigenvalue weighted by atomic mass is 9.92. The van der Waals surface area contributed by atoms with Crippen LogP contribution in [0.15, 0.2) is 18.3 Å². The first-order valence-electron chi connectivity index (χ1n) is 12.3. The maximum absolute atomic E-state index is 12.7. The Morgan fingerprint density at radius 3 is 2.28 bits per heavy atom. The number of anilines is 1. The van der Waals surface area contributed by atoms with Crippen molar-refractivity contribution >= 4 is 17.7 Å². The summed E-state index contributed by atoms with van der Waals surface area (Å²) in [6.07, 6.45) is 9.03. The molecule has 4 rings (SSSR count). The number of ketones is 1. The summed E-state index contributed by atoms with van der Waals surface area (Å²) in [5.41, 5.74) is 0.282. The highest BCUT2D eigenvalue weighted by molar-refractivity contribution is 5.96. The second-order valence-corrected chi connectivity index (χ2v) is 10.7. The van der Waals surface area contributed by atoms with Crippen molar-refractivity contribution in [2.24, 2.45) is 0 Å². The summed E-state index contributed by atoms with van der Waals surface area (Å²) < 4.78 is 0. The summed E-state index contributed by atoms with van der Waals surface area (Å²) in [7, 11) is 0. The summed E-state index contributed by atoms with van der Waals surface area (Å²) >= 11 is 0. The van der Waals surface area contributed by atoms with E-state index in [1.165, 1.54) is 19.3 Å². The van der Waals surface area contributed by atoms with Crippen molar-refractivity contribution in [1.82, 2.24) is 14.8 Å². The molecular formula is C25H38N4O3. The number of hydrogen-bond donors (Lipinski definition) is 1. The number of pyridine rings is 1. The fraction of sp³-hybridized carbons (Fsp3) is 0.720. The van der Waals surface area contributed by atoms with Gasteiger partial charge in [-0.25, -0.2) is 9.78 Å². The lowest BCUT2D eigenvalue weighted by Crippen LogP contribution is -2.57. The average Bonchev–Trinajstić information content (AvgIpc) is 3.01. The largest absolute Gasteiger partial charge is 0.465 e. The van der Waals surface area contributed by atoms with Crippen LogP contribution in [0.2, 0.25) is 0 Å². The SMILES string of the molecule is CC(C)(C)N(C(=O)O)C1CC2CCC(C1)N2c1ccc(C(=O)CCN2CCCCC2)cn1. The highest BCUT2D eigenvalue weighted by Crippen LogP contribution is 2.41. The standard InChI is InChI=1S/C25H38N4O3/c1-25(2,3)29(24(31)32)21-15-19-8-9-20(16-21)28(19)23-10-7-18(17-26-23)22(30)11-14-27-12-5-4-6-13-27/h7,10,17,19-21H,4-6,8-9,11-16H2,1-3H3,(H,31,32). The van der Waals surface area contributed by atoms with Gasteiger partial charge in [0.1, 0.15) is 5.82 Å². The molecule has 2 atom stereocenters. The Kier molecular flexibility index (Phi) is 6.75. The van der Waals surface area contributed by atoms with Crippen LogP contribution in [0.1, 0.15) is 82.5 Å². The number of nitrogens with zero attached hydrogens (tertiary/aromatic N) is 4. The van der Waals surface area contributed by atoms with Crippen LogP contribution in [0, 0.1) is 0 Å². The van der Waals surface area contributed by atoms with E-state index in [0.717, 1.165) is 51.1 Å². The fourth-order valence-corrected chi connectivity index (χ4v) is 6.01. The fourth-order valence-electron chi connectivity index (χ4n) is 6.01. The number of hydrogen-bond acceptors (Lipinski definition) is 5. The Labute approximate surface area is 191 Å². The molecule has 0 saturated carbocycles. The van der Waals surface area contributed by atoms with E-state index in [1.807, 2.05) is 32.9 Å². The maximum Gasteiger partial charge on any atom is 0.407 e. The summed E-state index contributed by atoms with van der Waals surface area (Å²) in [6, 6.07) is 4.55. The van der Waals surface area contributed by atoms with E-state index in [4.69, 9.17) is 0 Å². The van der Waals surface area contributed by atoms with Crippen molar-refractivity contribution in [1.29, 1.82) is 0 Å². The molecule has 7 heteroatoms. The second kappa shape index (κ2) is 9.38. The van der Waals surface area contributed by atoms with Crippen LogP contribution in [-0.4, -0.2) is 75.1 Å². The molecule has 1 amide bonds. The first-order chi connectivity index (χ1) is 15.2. The minimum atomic E-state index is -0.833. The molecule has 2 unspecified atom stereocenters. The Bertz CT molecular complexity index is 799. The van der Waals surface area contributed by atoms with Crippen LogP contribution in [0.5, 0.6) is 0 Å². The van der Waals surface area contributed by atoms with Crippen LogP contribution in [-0.2, 0) is 0 Å². The van der Waals surface area contributed by atoms with Crippen molar-refractivity contribution in [2.45, 2.75) is 95.8 Å². The minimum Gasteiger partial charge on any atom is -0.465 e. The zero-order valence-corrected chi connectivity index (χ0v) is 19.8. The molecule has 32 heavy (non-hydrogen) atoms. The summed E-state index contributed by atoms with van der Waals surface area (Å²) in [6.45, 7) is 8.97. The topological polar surface area (TPSA) is 77.0 Å². The van der Waals surface area contributed by atoms with Crippen molar-refractivity contribution in [3.63, 3.8) is 0 Å². The van der Waals surface area contributed by atoms with Crippen molar-refractivity contribution in [2.75, 3.05) is 24.5 Å². The van der Waals surface area contributed by atoms with E-state index >= 15 is 0 Å². The van der Waals surface area contributed by atoms with Gasteiger partial charge in [-0.1, -0.05) is 6.42 Å². The zero-order valence-electron chi connectivity index (χ0n) is 19.8. The number of fused-ring (bicyclic) bond motifs is 2. The molecular weight excluding hydrogens is 404 g/mol. The third kappa shape index (κ3) is 4.92. The molecule has 4 heterocycles. The molecule has 7 nitrogen and oxygen atoms in total. The van der Waals surface area contributed by atoms with Crippen molar-refractivity contribution < 1.29 is 14.7 Å². The van der Waals surface area contributed by atoms with Gasteiger partial charge in [-0.05, 0) is 84.5 Å². The predicted molar refractivity (Wildman–Crippen MR) is 125 cm³/mol. The van der Waals surface area contributed by atoms with Gasteiger partial charge in [0.25, 0.3) is 0 Å². The van der Waals surface area contributed by atoms with Crippen LogP contribution in [0.4, 0.5) is 10.6 Å². The maximum atomic E-state index is 12.7. The second-order valence-electron chi connectivity index (χ2n) is 10.7. The van der Waals surface area contributed by atoms with Crippen LogP contribution < -0.4 is 4.90 Å². The highest BCUT2D eigenvalue weighted by Gasteiger charge is 2.46. The molecule has 0 radical (unpaired) electrons. The molecule has 3 aliphatic rings. The molecule has 1 aromatic heterocycles. The Morgan fingerprint density at radius 1 is 1.09 bits per heavy atom. The van der Waals surface area contributed by atoms with Gasteiger partial charge >= 0.3 is 6.09 Å². The first-order valence-corrected chi connectivity index (χ1v) is 12.3. The number of Topliss-reactive ketones (excluding diaryl/α,β-unsaturated/α-hetero) is 1. The molecule has 3 saturated heterocycles.